The third-order valence-electron chi connectivity index (χ3n) is 3.03. The summed E-state index contributed by atoms with van der Waals surface area (Å²) in [6, 6.07) is 5.42. The van der Waals surface area contributed by atoms with Crippen LogP contribution in [0.5, 0.6) is 0 Å². The molecule has 0 bridgehead atoms. The number of amides is 1. The molecule has 18 heavy (non-hydrogen) atoms. The fraction of sp³-hybridized carbons (Fsp3) is 0.333. The fourth-order valence-corrected chi connectivity index (χ4v) is 2.31. The van der Waals surface area contributed by atoms with E-state index in [1.165, 1.54) is 0 Å². The van der Waals surface area contributed by atoms with E-state index in [0.29, 0.717) is 23.1 Å². The molecule has 6 heteroatoms. The number of halogens is 1. The van der Waals surface area contributed by atoms with Crippen LogP contribution >= 0.6 is 23.8 Å². The Morgan fingerprint density at radius 3 is 2.72 bits per heavy atom. The quantitative estimate of drug-likeness (QED) is 0.830. The van der Waals surface area contributed by atoms with E-state index in [2.05, 4.69) is 0 Å². The van der Waals surface area contributed by atoms with E-state index < -0.39 is 0 Å². The van der Waals surface area contributed by atoms with Crippen molar-refractivity contribution >= 4 is 40.4 Å². The molecule has 1 aromatic carbocycles. The van der Waals surface area contributed by atoms with Gasteiger partial charge in [-0.25, -0.2) is 0 Å². The molecule has 2 rings (SSSR count). The minimum Gasteiger partial charge on any atom is -0.389 e. The maximum atomic E-state index is 11.7. The number of rotatable bonds is 2. The van der Waals surface area contributed by atoms with Crippen molar-refractivity contribution in [3.05, 3.63) is 28.8 Å². The SMILES string of the molecule is CN1CCN(c2ccc(C(N)=S)cc2Cl)CC1=O. The summed E-state index contributed by atoms with van der Waals surface area (Å²) in [5.41, 5.74) is 7.13. The molecule has 0 aromatic heterocycles. The topological polar surface area (TPSA) is 49.6 Å². The Morgan fingerprint density at radius 2 is 2.17 bits per heavy atom. The van der Waals surface area contributed by atoms with Crippen LogP contribution in [0, 0.1) is 0 Å². The number of nitrogens with two attached hydrogens (primary N) is 1. The van der Waals surface area contributed by atoms with Crippen LogP contribution in [-0.2, 0) is 4.79 Å². The molecule has 1 amide bonds. The van der Waals surface area contributed by atoms with Crippen LogP contribution < -0.4 is 10.6 Å². The van der Waals surface area contributed by atoms with Crippen LogP contribution in [0.3, 0.4) is 0 Å². The number of hydrogen-bond acceptors (Lipinski definition) is 3. The lowest BCUT2D eigenvalue weighted by atomic mass is 10.1. The predicted octanol–water partition coefficient (Wildman–Crippen LogP) is 1.25. The molecule has 0 spiro atoms. The lowest BCUT2D eigenvalue weighted by Crippen LogP contribution is -2.48. The van der Waals surface area contributed by atoms with Gasteiger partial charge in [0.25, 0.3) is 0 Å². The summed E-state index contributed by atoms with van der Waals surface area (Å²) in [7, 11) is 1.80. The second kappa shape index (κ2) is 5.12. The summed E-state index contributed by atoms with van der Waals surface area (Å²) in [6.45, 7) is 1.82. The molecular weight excluding hydrogens is 270 g/mol. The molecule has 1 fully saturated rings. The van der Waals surface area contributed by atoms with Gasteiger partial charge in [-0.15, -0.1) is 0 Å². The van der Waals surface area contributed by atoms with Crippen LogP contribution in [0.15, 0.2) is 18.2 Å². The van der Waals surface area contributed by atoms with E-state index in [0.717, 1.165) is 17.8 Å². The molecule has 0 unspecified atom stereocenters. The molecular formula is C12H14ClN3OS. The van der Waals surface area contributed by atoms with Gasteiger partial charge in [0.2, 0.25) is 5.91 Å². The molecule has 1 heterocycles. The summed E-state index contributed by atoms with van der Waals surface area (Å²) >= 11 is 11.1. The minimum absolute atomic E-state index is 0.0933. The Labute approximate surface area is 116 Å². The Balaban J connectivity index is 2.24. The number of carbonyl (C=O) groups is 1. The fourth-order valence-electron chi connectivity index (χ4n) is 1.88. The minimum atomic E-state index is 0.0933. The highest BCUT2D eigenvalue weighted by molar-refractivity contribution is 7.80. The smallest absolute Gasteiger partial charge is 0.241 e. The van der Waals surface area contributed by atoms with Gasteiger partial charge < -0.3 is 15.5 Å². The molecule has 0 radical (unpaired) electrons. The largest absolute Gasteiger partial charge is 0.389 e. The van der Waals surface area contributed by atoms with Gasteiger partial charge in [0.05, 0.1) is 17.3 Å². The van der Waals surface area contributed by atoms with Crippen molar-refractivity contribution < 1.29 is 4.79 Å². The summed E-state index contributed by atoms with van der Waals surface area (Å²) < 4.78 is 0. The van der Waals surface area contributed by atoms with Crippen molar-refractivity contribution in [3.63, 3.8) is 0 Å². The summed E-state index contributed by atoms with van der Waals surface area (Å²) in [6.07, 6.45) is 0. The van der Waals surface area contributed by atoms with Gasteiger partial charge in [0, 0.05) is 25.7 Å². The van der Waals surface area contributed by atoms with E-state index in [9.17, 15) is 4.79 Å². The van der Waals surface area contributed by atoms with E-state index in [-0.39, 0.29) is 5.91 Å². The van der Waals surface area contributed by atoms with Gasteiger partial charge in [-0.1, -0.05) is 23.8 Å². The van der Waals surface area contributed by atoms with E-state index in [4.69, 9.17) is 29.6 Å². The van der Waals surface area contributed by atoms with Crippen molar-refractivity contribution in [2.75, 3.05) is 31.6 Å². The third kappa shape index (κ3) is 2.57. The predicted molar refractivity (Wildman–Crippen MR) is 77.2 cm³/mol. The van der Waals surface area contributed by atoms with Crippen LogP contribution in [0.2, 0.25) is 5.02 Å². The molecule has 0 aliphatic carbocycles. The van der Waals surface area contributed by atoms with E-state index in [1.807, 2.05) is 17.0 Å². The second-order valence-electron chi connectivity index (χ2n) is 4.27. The summed E-state index contributed by atoms with van der Waals surface area (Å²) in [4.78, 5) is 15.7. The summed E-state index contributed by atoms with van der Waals surface area (Å²) in [5.74, 6) is 0.0933. The maximum absolute atomic E-state index is 11.7. The zero-order valence-electron chi connectivity index (χ0n) is 10.0. The Morgan fingerprint density at radius 1 is 1.44 bits per heavy atom. The molecule has 0 saturated carbocycles. The van der Waals surface area contributed by atoms with Crippen LogP contribution in [0.25, 0.3) is 0 Å². The van der Waals surface area contributed by atoms with Crippen LogP contribution in [0.4, 0.5) is 5.69 Å². The third-order valence-corrected chi connectivity index (χ3v) is 3.57. The van der Waals surface area contributed by atoms with E-state index >= 15 is 0 Å². The zero-order chi connectivity index (χ0) is 13.3. The number of likely N-dealkylation sites (N-methyl/N-ethyl adjacent to an activating group) is 1. The van der Waals surface area contributed by atoms with Gasteiger partial charge in [-0.2, -0.15) is 0 Å². The lowest BCUT2D eigenvalue weighted by molar-refractivity contribution is -0.129. The molecule has 1 aromatic rings. The Hall–Kier alpha value is -1.33. The molecule has 1 aliphatic heterocycles. The first-order chi connectivity index (χ1) is 8.49. The normalized spacial score (nSPS) is 16.0. The first-order valence-corrected chi connectivity index (χ1v) is 6.36. The highest BCUT2D eigenvalue weighted by Gasteiger charge is 2.22. The number of anilines is 1. The monoisotopic (exact) mass is 283 g/mol. The number of piperazine rings is 1. The highest BCUT2D eigenvalue weighted by Crippen LogP contribution is 2.27. The molecule has 96 valence electrons. The first-order valence-electron chi connectivity index (χ1n) is 5.57. The van der Waals surface area contributed by atoms with Crippen molar-refractivity contribution in [1.29, 1.82) is 0 Å². The van der Waals surface area contributed by atoms with Gasteiger partial charge in [0.15, 0.2) is 0 Å². The molecule has 0 atom stereocenters. The van der Waals surface area contributed by atoms with Crippen LogP contribution in [-0.4, -0.2) is 42.5 Å². The van der Waals surface area contributed by atoms with Gasteiger partial charge >= 0.3 is 0 Å². The van der Waals surface area contributed by atoms with E-state index in [1.54, 1.807) is 18.0 Å². The molecule has 1 saturated heterocycles. The highest BCUT2D eigenvalue weighted by atomic mass is 35.5. The number of carbonyl (C=O) groups excluding carboxylic acids is 1. The van der Waals surface area contributed by atoms with Crippen molar-refractivity contribution in [1.82, 2.24) is 4.90 Å². The van der Waals surface area contributed by atoms with Gasteiger partial charge in [0.1, 0.15) is 4.99 Å². The first kappa shape index (κ1) is 13.1. The number of benzene rings is 1. The number of hydrogen-bond donors (Lipinski definition) is 1. The van der Waals surface area contributed by atoms with Crippen molar-refractivity contribution in [2.45, 2.75) is 0 Å². The van der Waals surface area contributed by atoms with Gasteiger partial charge in [-0.3, -0.25) is 4.79 Å². The number of nitrogens with zero attached hydrogens (tertiary/aromatic N) is 2. The average molecular weight is 284 g/mol. The second-order valence-corrected chi connectivity index (χ2v) is 5.11. The van der Waals surface area contributed by atoms with Crippen LogP contribution in [0.1, 0.15) is 5.56 Å². The Bertz CT molecular complexity index is 506. The Kier molecular flexibility index (Phi) is 3.73. The number of thiocarbonyl (C=S) groups is 1. The molecule has 1 aliphatic rings. The standard InChI is InChI=1S/C12H14ClN3OS/c1-15-4-5-16(7-11(15)17)10-3-2-8(12(14)18)6-9(10)13/h2-3,6H,4-5,7H2,1H3,(H2,14,18). The molecule has 4 nitrogen and oxygen atoms in total. The maximum Gasteiger partial charge on any atom is 0.241 e. The lowest BCUT2D eigenvalue weighted by Gasteiger charge is -2.34. The summed E-state index contributed by atoms with van der Waals surface area (Å²) in [5, 5.41) is 0.567. The van der Waals surface area contributed by atoms with Gasteiger partial charge in [-0.05, 0) is 18.2 Å². The average Bonchev–Trinajstić information content (AvgIpc) is 2.32. The van der Waals surface area contributed by atoms with Crippen molar-refractivity contribution in [2.24, 2.45) is 5.73 Å². The zero-order valence-corrected chi connectivity index (χ0v) is 11.6. The molecule has 2 N–H and O–H groups in total. The van der Waals surface area contributed by atoms with Crippen molar-refractivity contribution in [3.8, 4) is 0 Å².